The number of carbonyl (C=O) groups excluding carboxylic acids is 2. The highest BCUT2D eigenvalue weighted by molar-refractivity contribution is 5.95. The van der Waals surface area contributed by atoms with Crippen LogP contribution in [0.4, 0.5) is 11.5 Å². The van der Waals surface area contributed by atoms with Crippen LogP contribution in [0.5, 0.6) is 0 Å². The van der Waals surface area contributed by atoms with Gasteiger partial charge in [0.2, 0.25) is 5.91 Å². The second-order valence-electron chi connectivity index (χ2n) is 9.33. The molecule has 3 aromatic rings. The molecule has 182 valence electrons. The van der Waals surface area contributed by atoms with Gasteiger partial charge in [0.15, 0.2) is 0 Å². The molecule has 35 heavy (non-hydrogen) atoms. The van der Waals surface area contributed by atoms with Crippen molar-refractivity contribution >= 4 is 23.2 Å². The number of aryl methyl sites for hydroxylation is 2. The fourth-order valence-electron chi connectivity index (χ4n) is 4.88. The lowest BCUT2D eigenvalue weighted by molar-refractivity contribution is -0.123. The largest absolute Gasteiger partial charge is 0.378 e. The van der Waals surface area contributed by atoms with Crippen molar-refractivity contribution < 1.29 is 14.3 Å². The van der Waals surface area contributed by atoms with E-state index in [1.165, 1.54) is 5.69 Å². The fourth-order valence-corrected chi connectivity index (χ4v) is 4.88. The van der Waals surface area contributed by atoms with Crippen LogP contribution < -0.4 is 9.80 Å². The number of carbonyl (C=O) groups is 2. The smallest absolute Gasteiger partial charge is 0.228 e. The molecular formula is C28H32N4O3. The number of morpholine rings is 1. The first-order chi connectivity index (χ1) is 17.1. The lowest BCUT2D eigenvalue weighted by Crippen LogP contribution is -2.37. The number of fused-ring (bicyclic) bond motifs is 1. The van der Waals surface area contributed by atoms with Gasteiger partial charge in [-0.05, 0) is 42.2 Å². The Kier molecular flexibility index (Phi) is 6.95. The van der Waals surface area contributed by atoms with Crippen LogP contribution in [0.3, 0.4) is 0 Å². The number of amides is 1. The minimum atomic E-state index is -0.00491. The first-order valence-corrected chi connectivity index (χ1v) is 12.5. The topological polar surface area (TPSA) is 67.7 Å². The summed E-state index contributed by atoms with van der Waals surface area (Å²) in [5.74, 6) is 0.927. The van der Waals surface area contributed by atoms with E-state index in [-0.39, 0.29) is 24.5 Å². The number of benzene rings is 2. The zero-order chi connectivity index (χ0) is 24.2. The number of hydrogen-bond acceptors (Lipinski definition) is 5. The van der Waals surface area contributed by atoms with Gasteiger partial charge in [-0.15, -0.1) is 0 Å². The summed E-state index contributed by atoms with van der Waals surface area (Å²) in [6.45, 7) is 6.80. The van der Waals surface area contributed by atoms with Gasteiger partial charge in [-0.2, -0.15) is 5.10 Å². The molecule has 1 amide bonds. The van der Waals surface area contributed by atoms with Gasteiger partial charge in [-0.3, -0.25) is 14.5 Å². The van der Waals surface area contributed by atoms with Crippen molar-refractivity contribution in [1.29, 1.82) is 0 Å². The molecule has 2 aliphatic heterocycles. The van der Waals surface area contributed by atoms with Crippen molar-refractivity contribution in [2.45, 2.75) is 39.2 Å². The monoisotopic (exact) mass is 472 g/mol. The van der Waals surface area contributed by atoms with E-state index in [0.29, 0.717) is 13.0 Å². The summed E-state index contributed by atoms with van der Waals surface area (Å²) < 4.78 is 7.35. The third-order valence-electron chi connectivity index (χ3n) is 6.74. The summed E-state index contributed by atoms with van der Waals surface area (Å²) in [5, 5.41) is 4.44. The lowest BCUT2D eigenvalue weighted by Gasteiger charge is -2.29. The van der Waals surface area contributed by atoms with Crippen molar-refractivity contribution in [3.63, 3.8) is 0 Å². The Morgan fingerprint density at radius 3 is 2.51 bits per heavy atom. The predicted molar refractivity (Wildman–Crippen MR) is 137 cm³/mol. The average Bonchev–Trinajstić information content (AvgIpc) is 3.28. The number of Topliss-reactive ketones (excluding diaryl/α,β-unsaturated/α-hetero) is 1. The van der Waals surface area contributed by atoms with Crippen LogP contribution in [0.15, 0.2) is 54.6 Å². The summed E-state index contributed by atoms with van der Waals surface area (Å²) >= 11 is 0. The molecule has 2 aliphatic rings. The molecule has 5 rings (SSSR count). The summed E-state index contributed by atoms with van der Waals surface area (Å²) in [5.41, 5.74) is 5.38. The Morgan fingerprint density at radius 1 is 0.914 bits per heavy atom. The Labute approximate surface area is 206 Å². The first-order valence-electron chi connectivity index (χ1n) is 12.5. The van der Waals surface area contributed by atoms with Gasteiger partial charge >= 0.3 is 0 Å². The second-order valence-corrected chi connectivity index (χ2v) is 9.33. The van der Waals surface area contributed by atoms with Crippen molar-refractivity contribution in [2.75, 3.05) is 42.6 Å². The maximum absolute atomic E-state index is 12.8. The van der Waals surface area contributed by atoms with E-state index in [9.17, 15) is 9.59 Å². The van der Waals surface area contributed by atoms with Gasteiger partial charge in [-0.1, -0.05) is 36.4 Å². The van der Waals surface area contributed by atoms with E-state index < -0.39 is 0 Å². The number of rotatable bonds is 7. The highest BCUT2D eigenvalue weighted by atomic mass is 16.5. The third kappa shape index (κ3) is 5.46. The van der Waals surface area contributed by atoms with E-state index in [4.69, 9.17) is 4.74 Å². The molecule has 1 aromatic heterocycles. The number of hydrogen-bond donors (Lipinski definition) is 0. The van der Waals surface area contributed by atoms with Crippen LogP contribution >= 0.6 is 0 Å². The van der Waals surface area contributed by atoms with Crippen LogP contribution in [0.1, 0.15) is 30.5 Å². The zero-order valence-electron chi connectivity index (χ0n) is 20.3. The van der Waals surface area contributed by atoms with Crippen molar-refractivity contribution in [2.24, 2.45) is 0 Å². The molecule has 0 saturated carbocycles. The van der Waals surface area contributed by atoms with Crippen LogP contribution in [-0.2, 0) is 27.3 Å². The second kappa shape index (κ2) is 10.4. The maximum atomic E-state index is 12.8. The molecular weight excluding hydrogens is 440 g/mol. The van der Waals surface area contributed by atoms with Crippen LogP contribution in [0.25, 0.3) is 11.1 Å². The molecule has 0 radical (unpaired) electrons. The quantitative estimate of drug-likeness (QED) is 0.520. The SMILES string of the molecule is Cc1cc2n(n1)CCCN2C(=O)CCC(=O)Cc1ccc(-c2cccc(N3CCOCC3)c2)cc1. The molecule has 0 spiro atoms. The van der Waals surface area contributed by atoms with E-state index in [1.807, 2.05) is 29.8 Å². The van der Waals surface area contributed by atoms with E-state index in [0.717, 1.165) is 67.5 Å². The van der Waals surface area contributed by atoms with Crippen LogP contribution in [0.2, 0.25) is 0 Å². The zero-order valence-corrected chi connectivity index (χ0v) is 20.3. The number of nitrogens with zero attached hydrogens (tertiary/aromatic N) is 4. The number of anilines is 2. The average molecular weight is 473 g/mol. The number of aromatic nitrogens is 2. The van der Waals surface area contributed by atoms with E-state index in [2.05, 4.69) is 46.4 Å². The van der Waals surface area contributed by atoms with Gasteiger partial charge < -0.3 is 9.64 Å². The molecule has 0 bridgehead atoms. The normalized spacial score (nSPS) is 15.7. The summed E-state index contributed by atoms with van der Waals surface area (Å²) in [6.07, 6.45) is 1.72. The molecule has 0 N–H and O–H groups in total. The Balaban J connectivity index is 1.16. The highest BCUT2D eigenvalue weighted by Gasteiger charge is 2.24. The van der Waals surface area contributed by atoms with E-state index >= 15 is 0 Å². The van der Waals surface area contributed by atoms with Crippen molar-refractivity contribution in [3.8, 4) is 11.1 Å². The van der Waals surface area contributed by atoms with E-state index in [1.54, 1.807) is 4.90 Å². The summed E-state index contributed by atoms with van der Waals surface area (Å²) in [7, 11) is 0. The van der Waals surface area contributed by atoms with Crippen LogP contribution in [0, 0.1) is 6.92 Å². The third-order valence-corrected chi connectivity index (χ3v) is 6.74. The van der Waals surface area contributed by atoms with Gasteiger partial charge in [0.25, 0.3) is 0 Å². The highest BCUT2D eigenvalue weighted by Crippen LogP contribution is 2.26. The number of ether oxygens (including phenoxy) is 1. The first kappa shape index (κ1) is 23.3. The molecule has 1 saturated heterocycles. The molecule has 3 heterocycles. The molecule has 1 fully saturated rings. The minimum Gasteiger partial charge on any atom is -0.378 e. The summed E-state index contributed by atoms with van der Waals surface area (Å²) in [4.78, 5) is 29.5. The molecule has 0 aliphatic carbocycles. The molecule has 7 nitrogen and oxygen atoms in total. The Bertz CT molecular complexity index is 1200. The van der Waals surface area contributed by atoms with Gasteiger partial charge in [-0.25, -0.2) is 4.68 Å². The van der Waals surface area contributed by atoms with Crippen molar-refractivity contribution in [3.05, 3.63) is 65.9 Å². The van der Waals surface area contributed by atoms with Crippen molar-refractivity contribution in [1.82, 2.24) is 9.78 Å². The molecule has 0 atom stereocenters. The summed E-state index contributed by atoms with van der Waals surface area (Å²) in [6, 6.07) is 18.7. The molecule has 2 aromatic carbocycles. The number of ketones is 1. The molecule has 7 heteroatoms. The van der Waals surface area contributed by atoms with Gasteiger partial charge in [0.05, 0.1) is 18.9 Å². The lowest BCUT2D eigenvalue weighted by atomic mass is 10.00. The minimum absolute atomic E-state index is 0.00491. The Morgan fingerprint density at radius 2 is 1.71 bits per heavy atom. The maximum Gasteiger partial charge on any atom is 0.228 e. The Hall–Kier alpha value is -3.45. The molecule has 0 unspecified atom stereocenters. The van der Waals surface area contributed by atoms with Crippen LogP contribution in [-0.4, -0.2) is 54.3 Å². The predicted octanol–water partition coefficient (Wildman–Crippen LogP) is 4.02. The standard InChI is InChI=1S/C28H32N4O3/c1-21-18-27-31(12-3-13-32(27)29-21)28(34)11-10-26(33)19-22-6-8-23(9-7-22)24-4-2-5-25(20-24)30-14-16-35-17-15-30/h2,4-9,18,20H,3,10-17,19H2,1H3. The van der Waals surface area contributed by atoms with Gasteiger partial charge in [0, 0.05) is 57.2 Å². The van der Waals surface area contributed by atoms with Gasteiger partial charge in [0.1, 0.15) is 11.6 Å². The fraction of sp³-hybridized carbons (Fsp3) is 0.393.